The minimum atomic E-state index is -1.21. The van der Waals surface area contributed by atoms with Crippen LogP contribution in [0.3, 0.4) is 0 Å². The Balaban J connectivity index is 3.04. The zero-order valence-electron chi connectivity index (χ0n) is 9.52. The highest BCUT2D eigenvalue weighted by Gasteiger charge is 2.34. The Hall–Kier alpha value is -1.43. The lowest BCUT2D eigenvalue weighted by Crippen LogP contribution is -2.55. The minimum Gasteiger partial charge on any atom is -0.464 e. The highest BCUT2D eigenvalue weighted by molar-refractivity contribution is 7.78. The van der Waals surface area contributed by atoms with Crippen LogP contribution < -0.4 is 10.7 Å². The number of carbonyl (C=O) groups excluding carboxylic acids is 1. The Labute approximate surface area is 105 Å². The molecule has 3 N–H and O–H groups in total. The van der Waals surface area contributed by atoms with Crippen molar-refractivity contribution >= 4 is 29.2 Å². The summed E-state index contributed by atoms with van der Waals surface area (Å²) in [5.41, 5.74) is 3.17. The summed E-state index contributed by atoms with van der Waals surface area (Å²) in [5.74, 6) is -0.363. The van der Waals surface area contributed by atoms with Gasteiger partial charge in [-0.25, -0.2) is 15.2 Å². The maximum Gasteiger partial charge on any atom is 0.422 e. The first-order chi connectivity index (χ1) is 8.11. The molecule has 17 heavy (non-hydrogen) atoms. The lowest BCUT2D eigenvalue weighted by Gasteiger charge is -2.27. The van der Waals surface area contributed by atoms with E-state index in [9.17, 15) is 9.59 Å². The Morgan fingerprint density at radius 1 is 1.76 bits per heavy atom. The summed E-state index contributed by atoms with van der Waals surface area (Å²) in [6.45, 7) is 2.68. The van der Waals surface area contributed by atoms with Gasteiger partial charge >= 0.3 is 6.09 Å². The molecular weight excluding hydrogens is 242 g/mol. The molecule has 0 aromatic rings. The summed E-state index contributed by atoms with van der Waals surface area (Å²) in [5, 5.41) is 15.1. The second kappa shape index (κ2) is 6.34. The van der Waals surface area contributed by atoms with E-state index in [1.165, 1.54) is 0 Å². The van der Waals surface area contributed by atoms with Crippen LogP contribution in [0.25, 0.3) is 0 Å². The van der Waals surface area contributed by atoms with E-state index in [1.807, 2.05) is 0 Å². The Kier molecular flexibility index (Phi) is 5.09. The van der Waals surface area contributed by atoms with Crippen molar-refractivity contribution in [2.45, 2.75) is 25.8 Å². The van der Waals surface area contributed by atoms with Crippen molar-refractivity contribution in [3.8, 4) is 0 Å². The van der Waals surface area contributed by atoms with Gasteiger partial charge in [0.05, 0.1) is 0 Å². The van der Waals surface area contributed by atoms with Gasteiger partial charge in [-0.1, -0.05) is 6.92 Å². The van der Waals surface area contributed by atoms with Gasteiger partial charge in [-0.3, -0.25) is 4.79 Å². The molecule has 0 bridgehead atoms. The second-order valence-corrected chi connectivity index (χ2v) is 3.79. The molecule has 7 heteroatoms. The lowest BCUT2D eigenvalue weighted by atomic mass is 10.0. The molecule has 1 rings (SSSR count). The largest absolute Gasteiger partial charge is 0.464 e. The van der Waals surface area contributed by atoms with Crippen LogP contribution in [-0.4, -0.2) is 46.3 Å². The van der Waals surface area contributed by atoms with Crippen molar-refractivity contribution in [1.29, 1.82) is 0 Å². The van der Waals surface area contributed by atoms with Crippen LogP contribution in [0.5, 0.6) is 0 Å². The molecule has 1 aliphatic rings. The van der Waals surface area contributed by atoms with E-state index in [0.29, 0.717) is 25.1 Å². The summed E-state index contributed by atoms with van der Waals surface area (Å²) >= 11 is 4.74. The van der Waals surface area contributed by atoms with Crippen LogP contribution >= 0.6 is 12.2 Å². The highest BCUT2D eigenvalue weighted by atomic mass is 32.1. The van der Waals surface area contributed by atoms with E-state index in [-0.39, 0.29) is 5.91 Å². The number of nitrogens with one attached hydrogen (secondary N) is 2. The van der Waals surface area contributed by atoms with Gasteiger partial charge in [-0.05, 0) is 30.1 Å². The van der Waals surface area contributed by atoms with Gasteiger partial charge in [-0.15, -0.1) is 0 Å². The second-order valence-electron chi connectivity index (χ2n) is 3.59. The van der Waals surface area contributed by atoms with Gasteiger partial charge in [0.2, 0.25) is 5.91 Å². The van der Waals surface area contributed by atoms with Crippen molar-refractivity contribution < 1.29 is 14.7 Å². The number of carbonyl (C=O) groups is 2. The van der Waals surface area contributed by atoms with Crippen molar-refractivity contribution in [3.63, 3.8) is 0 Å². The Bertz CT molecular complexity index is 366. The quantitative estimate of drug-likeness (QED) is 0.500. The maximum atomic E-state index is 11.8. The van der Waals surface area contributed by atoms with E-state index in [4.69, 9.17) is 17.3 Å². The molecule has 1 aliphatic heterocycles. The first kappa shape index (κ1) is 13.6. The first-order valence-electron chi connectivity index (χ1n) is 5.39. The molecule has 0 aliphatic carbocycles. The maximum absolute atomic E-state index is 11.8. The molecule has 1 fully saturated rings. The normalized spacial score (nSPS) is 20.2. The number of rotatable bonds is 3. The van der Waals surface area contributed by atoms with Gasteiger partial charge in [0.25, 0.3) is 0 Å². The fourth-order valence-corrected chi connectivity index (χ4v) is 1.92. The molecule has 0 radical (unpaired) electrons. The van der Waals surface area contributed by atoms with Crippen molar-refractivity contribution in [2.75, 3.05) is 13.1 Å². The summed E-state index contributed by atoms with van der Waals surface area (Å²) in [4.78, 5) is 23.0. The molecule has 94 valence electrons. The zero-order valence-corrected chi connectivity index (χ0v) is 10.3. The average Bonchev–Trinajstić information content (AvgIpc) is 2.47. The molecule has 1 heterocycles. The number of hydrazine groups is 1. The Morgan fingerprint density at radius 2 is 2.47 bits per heavy atom. The van der Waals surface area contributed by atoms with E-state index < -0.39 is 12.1 Å². The van der Waals surface area contributed by atoms with Crippen molar-refractivity contribution in [1.82, 2.24) is 15.8 Å². The van der Waals surface area contributed by atoms with E-state index in [0.717, 1.165) is 11.4 Å². The number of hydrogen-bond acceptors (Lipinski definition) is 4. The predicted octanol–water partition coefficient (Wildman–Crippen LogP) is 0.295. The third kappa shape index (κ3) is 3.26. The number of carboxylic acid groups (broad SMARTS) is 1. The molecule has 0 saturated carbocycles. The molecule has 1 atom stereocenters. The molecule has 1 saturated heterocycles. The summed E-state index contributed by atoms with van der Waals surface area (Å²) in [6, 6.07) is -0.924. The van der Waals surface area contributed by atoms with E-state index in [1.54, 1.807) is 6.92 Å². The zero-order chi connectivity index (χ0) is 12.8. The van der Waals surface area contributed by atoms with Crippen molar-refractivity contribution in [2.24, 2.45) is 0 Å². The third-order valence-corrected chi connectivity index (χ3v) is 2.69. The van der Waals surface area contributed by atoms with Gasteiger partial charge in [0, 0.05) is 18.7 Å². The van der Waals surface area contributed by atoms with Crippen LogP contribution in [0.2, 0.25) is 0 Å². The monoisotopic (exact) mass is 257 g/mol. The van der Waals surface area contributed by atoms with Crippen molar-refractivity contribution in [3.05, 3.63) is 5.57 Å². The molecule has 1 unspecified atom stereocenters. The van der Waals surface area contributed by atoms with Crippen LogP contribution in [0, 0.1) is 0 Å². The molecule has 2 amide bonds. The smallest absolute Gasteiger partial charge is 0.422 e. The topological polar surface area (TPSA) is 81.7 Å². The van der Waals surface area contributed by atoms with Crippen LogP contribution in [0.4, 0.5) is 4.79 Å². The van der Waals surface area contributed by atoms with E-state index >= 15 is 0 Å². The predicted molar refractivity (Wildman–Crippen MR) is 65.7 cm³/mol. The standard InChI is InChI=1S/C10H15N3O3S/c1-2-12-13(10(15)16)8-7(6-17)4-3-5-11-9(8)14/h8,12H,2-5H2,1H3,(H,11,14)(H,15,16). The Morgan fingerprint density at radius 3 is 3.00 bits per heavy atom. The molecule has 6 nitrogen and oxygen atoms in total. The molecule has 0 spiro atoms. The fourth-order valence-electron chi connectivity index (χ4n) is 1.70. The number of thiocarbonyl (C=S) groups is 1. The summed E-state index contributed by atoms with van der Waals surface area (Å²) in [6.07, 6.45) is 0.0970. The average molecular weight is 257 g/mol. The van der Waals surface area contributed by atoms with E-state index in [2.05, 4.69) is 15.8 Å². The van der Waals surface area contributed by atoms with Crippen LogP contribution in [-0.2, 0) is 4.79 Å². The number of nitrogens with zero attached hydrogens (tertiary/aromatic N) is 1. The van der Waals surface area contributed by atoms with Crippen LogP contribution in [0.15, 0.2) is 5.57 Å². The fraction of sp³-hybridized carbons (Fsp3) is 0.600. The van der Waals surface area contributed by atoms with Gasteiger partial charge in [0.1, 0.15) is 0 Å². The summed E-state index contributed by atoms with van der Waals surface area (Å²) in [7, 11) is 0. The lowest BCUT2D eigenvalue weighted by molar-refractivity contribution is -0.125. The van der Waals surface area contributed by atoms with Gasteiger partial charge in [0.15, 0.2) is 6.04 Å². The number of hydrogen-bond donors (Lipinski definition) is 3. The minimum absolute atomic E-state index is 0.363. The van der Waals surface area contributed by atoms with Crippen LogP contribution in [0.1, 0.15) is 19.8 Å². The summed E-state index contributed by atoms with van der Waals surface area (Å²) < 4.78 is 0. The highest BCUT2D eigenvalue weighted by Crippen LogP contribution is 2.16. The first-order valence-corrected chi connectivity index (χ1v) is 5.79. The van der Waals surface area contributed by atoms with Gasteiger partial charge < -0.3 is 10.4 Å². The number of amides is 2. The SMILES string of the molecule is CCNN(C(=O)O)C1C(=O)NCCCC1=C=S. The molecule has 0 aromatic heterocycles. The molecular formula is C10H15N3O3S. The third-order valence-electron chi connectivity index (χ3n) is 2.42. The molecule has 0 aromatic carbocycles. The van der Waals surface area contributed by atoms with Gasteiger partial charge in [-0.2, -0.15) is 0 Å².